The lowest BCUT2D eigenvalue weighted by Gasteiger charge is -2.04. The van der Waals surface area contributed by atoms with Gasteiger partial charge >= 0.3 is 6.09 Å². The molecular formula is C6H8BrI2NO2. The SMILES string of the molecule is CCNC(=O)OCC(I)=C(Br)I. The van der Waals surface area contributed by atoms with Crippen molar-refractivity contribution in [2.45, 2.75) is 6.92 Å². The van der Waals surface area contributed by atoms with Crippen molar-refractivity contribution in [1.82, 2.24) is 5.32 Å². The van der Waals surface area contributed by atoms with Crippen LogP contribution in [0.2, 0.25) is 0 Å². The van der Waals surface area contributed by atoms with Crippen molar-refractivity contribution < 1.29 is 9.53 Å². The first-order valence-corrected chi connectivity index (χ1v) is 6.13. The molecule has 0 aromatic carbocycles. The first kappa shape index (κ1) is 12.9. The fourth-order valence-electron chi connectivity index (χ4n) is 0.379. The third-order valence-corrected chi connectivity index (χ3v) is 4.61. The first-order valence-electron chi connectivity index (χ1n) is 3.18. The van der Waals surface area contributed by atoms with E-state index in [2.05, 4.69) is 66.4 Å². The Morgan fingerprint density at radius 1 is 1.58 bits per heavy atom. The predicted octanol–water partition coefficient (Wildman–Crippen LogP) is 3.17. The van der Waals surface area contributed by atoms with E-state index in [1.807, 2.05) is 6.92 Å². The molecule has 0 radical (unpaired) electrons. The monoisotopic (exact) mass is 459 g/mol. The fourth-order valence-corrected chi connectivity index (χ4v) is 0.805. The summed E-state index contributed by atoms with van der Waals surface area (Å²) in [5.41, 5.74) is 0. The van der Waals surface area contributed by atoms with E-state index in [-0.39, 0.29) is 6.09 Å². The van der Waals surface area contributed by atoms with Gasteiger partial charge in [-0.2, -0.15) is 0 Å². The Kier molecular flexibility index (Phi) is 7.95. The van der Waals surface area contributed by atoms with Crippen molar-refractivity contribution in [3.05, 3.63) is 6.07 Å². The van der Waals surface area contributed by atoms with Crippen LogP contribution in [-0.2, 0) is 4.74 Å². The minimum atomic E-state index is -0.378. The van der Waals surface area contributed by atoms with E-state index in [1.54, 1.807) is 0 Å². The molecule has 0 heterocycles. The molecule has 0 aliphatic heterocycles. The molecule has 0 aliphatic rings. The Hall–Kier alpha value is 0.950. The summed E-state index contributed by atoms with van der Waals surface area (Å²) in [6, 6.07) is 0. The van der Waals surface area contributed by atoms with Crippen LogP contribution in [0.3, 0.4) is 0 Å². The van der Waals surface area contributed by atoms with Crippen LogP contribution in [0.1, 0.15) is 6.92 Å². The van der Waals surface area contributed by atoms with Crippen LogP contribution >= 0.6 is 61.1 Å². The molecule has 0 bridgehead atoms. The van der Waals surface area contributed by atoms with Gasteiger partial charge in [-0.1, -0.05) is 0 Å². The lowest BCUT2D eigenvalue weighted by molar-refractivity contribution is 0.158. The summed E-state index contributed by atoms with van der Waals surface area (Å²) in [7, 11) is 0. The fraction of sp³-hybridized carbons (Fsp3) is 0.500. The maximum Gasteiger partial charge on any atom is 0.407 e. The normalized spacial score (nSPS) is 12.0. The van der Waals surface area contributed by atoms with Crippen LogP contribution < -0.4 is 5.32 Å². The summed E-state index contributed by atoms with van der Waals surface area (Å²) >= 11 is 7.50. The largest absolute Gasteiger partial charge is 0.444 e. The highest BCUT2D eigenvalue weighted by Gasteiger charge is 2.02. The van der Waals surface area contributed by atoms with E-state index in [9.17, 15) is 4.79 Å². The molecule has 6 heteroatoms. The molecule has 70 valence electrons. The van der Waals surface area contributed by atoms with Gasteiger partial charge in [-0.15, -0.1) is 0 Å². The summed E-state index contributed by atoms with van der Waals surface area (Å²) in [6.45, 7) is 2.75. The lowest BCUT2D eigenvalue weighted by Crippen LogP contribution is -2.24. The maximum atomic E-state index is 10.8. The molecule has 3 nitrogen and oxygen atoms in total. The standard InChI is InChI=1S/C6H8BrI2NO2/c1-2-10-6(11)12-3-4(8)5(7)9/h2-3H2,1H3,(H,10,11). The molecule has 0 aromatic rings. The number of nitrogens with one attached hydrogen (secondary N) is 1. The van der Waals surface area contributed by atoms with E-state index in [1.165, 1.54) is 0 Å². The van der Waals surface area contributed by atoms with E-state index in [4.69, 9.17) is 4.74 Å². The third-order valence-electron chi connectivity index (χ3n) is 0.856. The van der Waals surface area contributed by atoms with Gasteiger partial charge in [0.05, 0.1) is 2.49 Å². The predicted molar refractivity (Wildman–Crippen MR) is 69.0 cm³/mol. The van der Waals surface area contributed by atoms with Gasteiger partial charge in [0, 0.05) is 10.1 Å². The molecular weight excluding hydrogens is 452 g/mol. The van der Waals surface area contributed by atoms with Gasteiger partial charge in [-0.25, -0.2) is 4.79 Å². The summed E-state index contributed by atoms with van der Waals surface area (Å²) < 4.78 is 6.79. The zero-order valence-electron chi connectivity index (χ0n) is 6.36. The molecule has 0 atom stereocenters. The maximum absolute atomic E-state index is 10.8. The number of halogens is 3. The summed E-state index contributed by atoms with van der Waals surface area (Å²) in [6.07, 6.45) is -0.378. The van der Waals surface area contributed by atoms with E-state index >= 15 is 0 Å². The summed E-state index contributed by atoms with van der Waals surface area (Å²) in [4.78, 5) is 10.8. The summed E-state index contributed by atoms with van der Waals surface area (Å²) in [5.74, 6) is 0. The van der Waals surface area contributed by atoms with Crippen LogP contribution in [-0.4, -0.2) is 19.2 Å². The van der Waals surface area contributed by atoms with E-state index in [0.717, 1.165) is 6.07 Å². The van der Waals surface area contributed by atoms with Crippen molar-refractivity contribution in [2.24, 2.45) is 0 Å². The number of alkyl carbamates (subject to hydrolysis) is 1. The van der Waals surface area contributed by atoms with Crippen LogP contribution in [0.5, 0.6) is 0 Å². The second-order valence-electron chi connectivity index (χ2n) is 1.77. The van der Waals surface area contributed by atoms with Crippen LogP contribution in [0.4, 0.5) is 4.79 Å². The van der Waals surface area contributed by atoms with Gasteiger partial charge in [0.1, 0.15) is 6.61 Å². The molecule has 0 rings (SSSR count). The first-order chi connectivity index (χ1) is 5.57. The van der Waals surface area contributed by atoms with Gasteiger partial charge in [-0.3, -0.25) is 0 Å². The number of carbonyl (C=O) groups excluding carboxylic acids is 1. The van der Waals surface area contributed by atoms with Crippen molar-refractivity contribution in [3.8, 4) is 0 Å². The van der Waals surface area contributed by atoms with Crippen molar-refractivity contribution in [1.29, 1.82) is 0 Å². The average Bonchev–Trinajstić information content (AvgIpc) is 2.00. The third kappa shape index (κ3) is 6.46. The number of hydrogen-bond acceptors (Lipinski definition) is 2. The molecule has 0 unspecified atom stereocenters. The van der Waals surface area contributed by atoms with E-state index < -0.39 is 0 Å². The molecule has 0 saturated heterocycles. The van der Waals surface area contributed by atoms with Gasteiger partial charge in [0.2, 0.25) is 0 Å². The average molecular weight is 460 g/mol. The lowest BCUT2D eigenvalue weighted by atomic mass is 10.7. The summed E-state index contributed by atoms with van der Waals surface area (Å²) in [5, 5.41) is 2.53. The molecule has 1 amide bonds. The quantitative estimate of drug-likeness (QED) is 0.658. The Bertz CT molecular complexity index is 192. The minimum absolute atomic E-state index is 0.315. The zero-order chi connectivity index (χ0) is 9.56. The number of carbonyl (C=O) groups is 1. The Balaban J connectivity index is 3.69. The highest BCUT2D eigenvalue weighted by atomic mass is 127. The van der Waals surface area contributed by atoms with Crippen molar-refractivity contribution in [3.63, 3.8) is 0 Å². The van der Waals surface area contributed by atoms with E-state index in [0.29, 0.717) is 13.2 Å². The second-order valence-corrected chi connectivity index (χ2v) is 6.43. The van der Waals surface area contributed by atoms with Crippen LogP contribution in [0.25, 0.3) is 0 Å². The van der Waals surface area contributed by atoms with Crippen LogP contribution in [0, 0.1) is 0 Å². The molecule has 0 aliphatic carbocycles. The topological polar surface area (TPSA) is 38.3 Å². The van der Waals surface area contributed by atoms with Crippen LogP contribution in [0.15, 0.2) is 6.07 Å². The smallest absolute Gasteiger partial charge is 0.407 e. The highest BCUT2D eigenvalue weighted by Crippen LogP contribution is 2.24. The molecule has 0 aromatic heterocycles. The van der Waals surface area contributed by atoms with Gasteiger partial charge in [0.25, 0.3) is 0 Å². The Morgan fingerprint density at radius 2 is 2.17 bits per heavy atom. The number of ether oxygens (including phenoxy) is 1. The molecule has 1 N–H and O–H groups in total. The second kappa shape index (κ2) is 7.36. The van der Waals surface area contributed by atoms with Crippen molar-refractivity contribution >= 4 is 67.2 Å². The van der Waals surface area contributed by atoms with Gasteiger partial charge < -0.3 is 10.1 Å². The number of amides is 1. The number of rotatable bonds is 3. The van der Waals surface area contributed by atoms with Gasteiger partial charge in [-0.05, 0) is 68.0 Å². The molecule has 0 fully saturated rings. The zero-order valence-corrected chi connectivity index (χ0v) is 12.3. The van der Waals surface area contributed by atoms with Gasteiger partial charge in [0.15, 0.2) is 0 Å². The number of hydrogen-bond donors (Lipinski definition) is 1. The molecule has 0 saturated carbocycles. The van der Waals surface area contributed by atoms with Crippen molar-refractivity contribution in [2.75, 3.05) is 13.2 Å². The highest BCUT2D eigenvalue weighted by molar-refractivity contribution is 14.1. The molecule has 0 spiro atoms. The Labute approximate surface area is 107 Å². The minimum Gasteiger partial charge on any atom is -0.444 e. The molecule has 12 heavy (non-hydrogen) atoms. The Morgan fingerprint density at radius 3 is 2.58 bits per heavy atom.